The molecule has 158 valence electrons. The second-order valence-corrected chi connectivity index (χ2v) is 9.11. The van der Waals surface area contributed by atoms with E-state index in [1.165, 1.54) is 16.2 Å². The molecule has 0 radical (unpaired) electrons. The second-order valence-electron chi connectivity index (χ2n) is 6.94. The van der Waals surface area contributed by atoms with Gasteiger partial charge in [0.2, 0.25) is 5.91 Å². The molecule has 0 saturated heterocycles. The van der Waals surface area contributed by atoms with Gasteiger partial charge in [-0.05, 0) is 42.8 Å². The van der Waals surface area contributed by atoms with Crippen molar-refractivity contribution in [2.45, 2.75) is 24.8 Å². The molecule has 1 heterocycles. The molecule has 31 heavy (non-hydrogen) atoms. The average molecular weight is 449 g/mol. The number of ether oxygens (including phenoxy) is 1. The Kier molecular flexibility index (Phi) is 7.22. The van der Waals surface area contributed by atoms with Gasteiger partial charge in [0, 0.05) is 17.1 Å². The molecule has 4 nitrogen and oxygen atoms in total. The number of nitrogens with zero attached hydrogens (tertiary/aromatic N) is 2. The van der Waals surface area contributed by atoms with Crippen LogP contribution < -0.4 is 9.64 Å². The summed E-state index contributed by atoms with van der Waals surface area (Å²) in [7, 11) is 0. The highest BCUT2D eigenvalue weighted by molar-refractivity contribution is 7.99. The molecule has 0 aliphatic rings. The zero-order chi connectivity index (χ0) is 21.5. The Morgan fingerprint density at radius 2 is 1.77 bits per heavy atom. The van der Waals surface area contributed by atoms with E-state index in [1.807, 2.05) is 78.6 Å². The smallest absolute Gasteiger partial charge is 0.229 e. The van der Waals surface area contributed by atoms with Gasteiger partial charge < -0.3 is 4.74 Å². The third-order valence-electron chi connectivity index (χ3n) is 4.70. The van der Waals surface area contributed by atoms with Crippen LogP contribution in [0.3, 0.4) is 0 Å². The Labute approximate surface area is 190 Å². The number of fused-ring (bicyclic) bond motifs is 1. The minimum Gasteiger partial charge on any atom is -0.494 e. The van der Waals surface area contributed by atoms with Crippen molar-refractivity contribution in [1.29, 1.82) is 0 Å². The zero-order valence-corrected chi connectivity index (χ0v) is 19.0. The number of carbonyl (C=O) groups is 1. The summed E-state index contributed by atoms with van der Waals surface area (Å²) in [6.45, 7) is 3.10. The van der Waals surface area contributed by atoms with Gasteiger partial charge >= 0.3 is 0 Å². The second kappa shape index (κ2) is 10.5. The van der Waals surface area contributed by atoms with E-state index in [4.69, 9.17) is 9.72 Å². The van der Waals surface area contributed by atoms with Crippen LogP contribution in [0, 0.1) is 0 Å². The molecule has 1 amide bonds. The first-order chi connectivity index (χ1) is 15.2. The molecule has 0 aliphatic carbocycles. The van der Waals surface area contributed by atoms with Crippen molar-refractivity contribution >= 4 is 44.4 Å². The van der Waals surface area contributed by atoms with E-state index < -0.39 is 0 Å². The first kappa shape index (κ1) is 21.4. The van der Waals surface area contributed by atoms with Crippen molar-refractivity contribution in [1.82, 2.24) is 4.98 Å². The highest BCUT2D eigenvalue weighted by Gasteiger charge is 2.20. The highest BCUT2D eigenvalue weighted by Crippen LogP contribution is 2.33. The number of anilines is 1. The van der Waals surface area contributed by atoms with Crippen LogP contribution in [0.2, 0.25) is 0 Å². The van der Waals surface area contributed by atoms with Crippen LogP contribution in [0.15, 0.2) is 83.8 Å². The van der Waals surface area contributed by atoms with Crippen molar-refractivity contribution in [3.8, 4) is 5.75 Å². The van der Waals surface area contributed by atoms with Gasteiger partial charge in [-0.2, -0.15) is 0 Å². The lowest BCUT2D eigenvalue weighted by Gasteiger charge is -2.20. The summed E-state index contributed by atoms with van der Waals surface area (Å²) < 4.78 is 6.64. The first-order valence-electron chi connectivity index (χ1n) is 10.3. The SMILES string of the molecule is CCOc1ccc2nc(N(Cc3ccccc3)C(=O)CCSc3ccccc3)sc2c1. The van der Waals surface area contributed by atoms with Crippen molar-refractivity contribution in [2.75, 3.05) is 17.3 Å². The summed E-state index contributed by atoms with van der Waals surface area (Å²) in [4.78, 5) is 21.0. The highest BCUT2D eigenvalue weighted by atomic mass is 32.2. The van der Waals surface area contributed by atoms with E-state index in [0.717, 1.165) is 32.4 Å². The maximum absolute atomic E-state index is 13.2. The molecule has 6 heteroatoms. The quantitative estimate of drug-likeness (QED) is 0.277. The van der Waals surface area contributed by atoms with E-state index in [0.29, 0.717) is 19.6 Å². The minimum atomic E-state index is 0.0800. The van der Waals surface area contributed by atoms with Crippen LogP contribution in [0.25, 0.3) is 10.2 Å². The Morgan fingerprint density at radius 3 is 2.52 bits per heavy atom. The average Bonchev–Trinajstić information content (AvgIpc) is 3.22. The lowest BCUT2D eigenvalue weighted by atomic mass is 10.2. The molecule has 0 unspecified atom stereocenters. The van der Waals surface area contributed by atoms with Crippen molar-refractivity contribution in [2.24, 2.45) is 0 Å². The predicted octanol–water partition coefficient (Wildman–Crippen LogP) is 6.41. The van der Waals surface area contributed by atoms with E-state index in [9.17, 15) is 4.79 Å². The molecule has 3 aromatic carbocycles. The fraction of sp³-hybridized carbons (Fsp3) is 0.200. The molecule has 4 aromatic rings. The van der Waals surface area contributed by atoms with Gasteiger partial charge in [0.1, 0.15) is 5.75 Å². The predicted molar refractivity (Wildman–Crippen MR) is 130 cm³/mol. The lowest BCUT2D eigenvalue weighted by Crippen LogP contribution is -2.30. The summed E-state index contributed by atoms with van der Waals surface area (Å²) in [5.41, 5.74) is 1.97. The normalized spacial score (nSPS) is 10.9. The lowest BCUT2D eigenvalue weighted by molar-refractivity contribution is -0.118. The Morgan fingerprint density at radius 1 is 1.03 bits per heavy atom. The molecular formula is C25H24N2O2S2. The molecule has 0 fully saturated rings. The molecule has 0 saturated carbocycles. The Bertz CT molecular complexity index is 1130. The van der Waals surface area contributed by atoms with Gasteiger partial charge in [0.25, 0.3) is 0 Å². The van der Waals surface area contributed by atoms with Gasteiger partial charge in [-0.3, -0.25) is 9.69 Å². The number of aromatic nitrogens is 1. The van der Waals surface area contributed by atoms with Gasteiger partial charge in [-0.15, -0.1) is 11.8 Å². The Hall–Kier alpha value is -2.83. The minimum absolute atomic E-state index is 0.0800. The Balaban J connectivity index is 1.54. The van der Waals surface area contributed by atoms with Crippen LogP contribution in [0.5, 0.6) is 5.75 Å². The van der Waals surface area contributed by atoms with E-state index in [-0.39, 0.29) is 5.91 Å². The number of hydrogen-bond donors (Lipinski definition) is 0. The number of rotatable bonds is 9. The number of hydrogen-bond acceptors (Lipinski definition) is 5. The molecule has 0 N–H and O–H groups in total. The molecule has 0 aliphatic heterocycles. The number of thiazole rings is 1. The standard InChI is InChI=1S/C25H24N2O2S2/c1-2-29-20-13-14-22-23(17-20)31-25(26-22)27(18-19-9-5-3-6-10-19)24(28)15-16-30-21-11-7-4-8-12-21/h3-14,17H,2,15-16,18H2,1H3. The van der Waals surface area contributed by atoms with Gasteiger partial charge in [0.05, 0.1) is 23.4 Å². The largest absolute Gasteiger partial charge is 0.494 e. The molecule has 0 atom stereocenters. The number of carbonyl (C=O) groups excluding carboxylic acids is 1. The van der Waals surface area contributed by atoms with Crippen molar-refractivity contribution < 1.29 is 9.53 Å². The summed E-state index contributed by atoms with van der Waals surface area (Å²) in [6, 6.07) is 26.1. The van der Waals surface area contributed by atoms with Crippen LogP contribution in [-0.2, 0) is 11.3 Å². The van der Waals surface area contributed by atoms with Crippen LogP contribution in [0.1, 0.15) is 18.9 Å². The topological polar surface area (TPSA) is 42.4 Å². The first-order valence-corrected chi connectivity index (χ1v) is 12.1. The van der Waals surface area contributed by atoms with E-state index >= 15 is 0 Å². The van der Waals surface area contributed by atoms with Crippen molar-refractivity contribution in [3.05, 3.63) is 84.4 Å². The summed E-state index contributed by atoms with van der Waals surface area (Å²) in [6.07, 6.45) is 0.451. The van der Waals surface area contributed by atoms with Crippen molar-refractivity contribution in [3.63, 3.8) is 0 Å². The third kappa shape index (κ3) is 5.66. The van der Waals surface area contributed by atoms with Gasteiger partial charge in [-0.25, -0.2) is 4.98 Å². The fourth-order valence-corrected chi connectivity index (χ4v) is 5.07. The van der Waals surface area contributed by atoms with E-state index in [2.05, 4.69) is 12.1 Å². The summed E-state index contributed by atoms with van der Waals surface area (Å²) >= 11 is 3.23. The third-order valence-corrected chi connectivity index (χ3v) is 6.76. The van der Waals surface area contributed by atoms with Crippen LogP contribution in [0.4, 0.5) is 5.13 Å². The molecule has 0 spiro atoms. The maximum Gasteiger partial charge on any atom is 0.229 e. The van der Waals surface area contributed by atoms with Crippen LogP contribution >= 0.6 is 23.1 Å². The molecule has 0 bridgehead atoms. The van der Waals surface area contributed by atoms with Gasteiger partial charge in [0.15, 0.2) is 5.13 Å². The van der Waals surface area contributed by atoms with Crippen LogP contribution in [-0.4, -0.2) is 23.3 Å². The number of benzene rings is 3. The summed E-state index contributed by atoms with van der Waals surface area (Å²) in [5.74, 6) is 1.63. The molecule has 4 rings (SSSR count). The molecule has 1 aromatic heterocycles. The number of thioether (sulfide) groups is 1. The maximum atomic E-state index is 13.2. The summed E-state index contributed by atoms with van der Waals surface area (Å²) in [5, 5.41) is 0.724. The molecular weight excluding hydrogens is 424 g/mol. The fourth-order valence-electron chi connectivity index (χ4n) is 3.20. The number of amides is 1. The van der Waals surface area contributed by atoms with Gasteiger partial charge in [-0.1, -0.05) is 59.9 Å². The van der Waals surface area contributed by atoms with E-state index in [1.54, 1.807) is 11.8 Å². The monoisotopic (exact) mass is 448 g/mol. The zero-order valence-electron chi connectivity index (χ0n) is 17.4.